The van der Waals surface area contributed by atoms with Crippen molar-refractivity contribution in [2.24, 2.45) is 4.99 Å². The molecule has 0 fully saturated rings. The number of nitrogens with one attached hydrogen (secondary N) is 1. The third kappa shape index (κ3) is 2.43. The summed E-state index contributed by atoms with van der Waals surface area (Å²) in [4.78, 5) is 19.8. The summed E-state index contributed by atoms with van der Waals surface area (Å²) in [6, 6.07) is 10.1. The van der Waals surface area contributed by atoms with Crippen LogP contribution >= 0.6 is 11.8 Å². The highest BCUT2D eigenvalue weighted by molar-refractivity contribution is 8.04. The standard InChI is InChI=1S/C17H14N4OS/c18-10-11-5-6-15(23-11)14(22)9-16-20-13-4-2-1-3-12(13)17-19-7-8-21(16)17/h1-5,9,15,20H,6-8H2. The average Bonchev–Trinajstić information content (AvgIpc) is 3.24. The molecule has 0 amide bonds. The van der Waals surface area contributed by atoms with Crippen LogP contribution in [0.2, 0.25) is 0 Å². The molecule has 3 aliphatic heterocycles. The number of anilines is 1. The van der Waals surface area contributed by atoms with E-state index in [9.17, 15) is 4.79 Å². The molecule has 0 aromatic heterocycles. The number of nitrogens with zero attached hydrogens (tertiary/aromatic N) is 3. The molecule has 3 aliphatic rings. The Morgan fingerprint density at radius 1 is 1.48 bits per heavy atom. The van der Waals surface area contributed by atoms with E-state index in [-0.39, 0.29) is 11.0 Å². The second-order valence-electron chi connectivity index (χ2n) is 5.48. The summed E-state index contributed by atoms with van der Waals surface area (Å²) in [5.74, 6) is 1.73. The van der Waals surface area contributed by atoms with Crippen LogP contribution < -0.4 is 5.32 Å². The van der Waals surface area contributed by atoms with Crippen molar-refractivity contribution in [3.05, 3.63) is 52.7 Å². The van der Waals surface area contributed by atoms with Crippen LogP contribution in [-0.4, -0.2) is 34.9 Å². The number of allylic oxidation sites excluding steroid dienone is 3. The molecule has 5 nitrogen and oxygen atoms in total. The number of amidine groups is 1. The smallest absolute Gasteiger partial charge is 0.172 e. The third-order valence-corrected chi connectivity index (χ3v) is 5.28. The van der Waals surface area contributed by atoms with E-state index in [1.807, 2.05) is 30.3 Å². The molecule has 0 saturated carbocycles. The normalized spacial score (nSPS) is 23.5. The van der Waals surface area contributed by atoms with E-state index in [1.54, 1.807) is 6.08 Å². The molecule has 114 valence electrons. The van der Waals surface area contributed by atoms with Gasteiger partial charge in [0.15, 0.2) is 5.78 Å². The first-order valence-electron chi connectivity index (χ1n) is 7.47. The number of hydrogen-bond acceptors (Lipinski definition) is 6. The summed E-state index contributed by atoms with van der Waals surface area (Å²) in [7, 11) is 0. The van der Waals surface area contributed by atoms with Gasteiger partial charge in [-0.05, 0) is 18.6 Å². The monoisotopic (exact) mass is 322 g/mol. The van der Waals surface area contributed by atoms with Crippen molar-refractivity contribution < 1.29 is 4.79 Å². The maximum Gasteiger partial charge on any atom is 0.172 e. The van der Waals surface area contributed by atoms with E-state index in [2.05, 4.69) is 21.3 Å². The maximum absolute atomic E-state index is 12.5. The van der Waals surface area contributed by atoms with Crippen molar-refractivity contribution in [2.75, 3.05) is 18.4 Å². The molecule has 0 aliphatic carbocycles. The number of thioether (sulfide) groups is 1. The molecular weight excluding hydrogens is 308 g/mol. The van der Waals surface area contributed by atoms with E-state index in [0.717, 1.165) is 36.0 Å². The van der Waals surface area contributed by atoms with Crippen molar-refractivity contribution in [3.63, 3.8) is 0 Å². The van der Waals surface area contributed by atoms with Gasteiger partial charge in [-0.2, -0.15) is 5.26 Å². The Morgan fingerprint density at radius 3 is 3.17 bits per heavy atom. The number of fused-ring (bicyclic) bond motifs is 3. The second-order valence-corrected chi connectivity index (χ2v) is 6.73. The average molecular weight is 322 g/mol. The zero-order valence-electron chi connectivity index (χ0n) is 12.3. The van der Waals surface area contributed by atoms with Gasteiger partial charge in [0.1, 0.15) is 17.7 Å². The topological polar surface area (TPSA) is 68.5 Å². The fourth-order valence-corrected chi connectivity index (χ4v) is 3.88. The highest BCUT2D eigenvalue weighted by Gasteiger charge is 2.31. The lowest BCUT2D eigenvalue weighted by Gasteiger charge is -2.31. The quantitative estimate of drug-likeness (QED) is 0.847. The lowest BCUT2D eigenvalue weighted by atomic mass is 10.1. The number of rotatable bonds is 2. The van der Waals surface area contributed by atoms with Gasteiger partial charge in [-0.1, -0.05) is 18.2 Å². The molecule has 0 saturated heterocycles. The van der Waals surface area contributed by atoms with Gasteiger partial charge < -0.3 is 10.2 Å². The number of benzene rings is 1. The van der Waals surface area contributed by atoms with Crippen molar-refractivity contribution in [1.82, 2.24) is 4.90 Å². The molecule has 3 heterocycles. The number of carbonyl (C=O) groups excluding carboxylic acids is 1. The van der Waals surface area contributed by atoms with Crippen LogP contribution in [0.3, 0.4) is 0 Å². The summed E-state index contributed by atoms with van der Waals surface area (Å²) in [6.07, 6.45) is 4.11. The maximum atomic E-state index is 12.5. The fourth-order valence-electron chi connectivity index (χ4n) is 2.96. The Labute approximate surface area is 138 Å². The largest absolute Gasteiger partial charge is 0.341 e. The predicted molar refractivity (Wildman–Crippen MR) is 91.0 cm³/mol. The van der Waals surface area contributed by atoms with Crippen molar-refractivity contribution in [2.45, 2.75) is 11.7 Å². The summed E-state index contributed by atoms with van der Waals surface area (Å²) < 4.78 is 0. The summed E-state index contributed by atoms with van der Waals surface area (Å²) in [5.41, 5.74) is 2.04. The van der Waals surface area contributed by atoms with E-state index in [0.29, 0.717) is 11.3 Å². The first-order valence-corrected chi connectivity index (χ1v) is 8.35. The highest BCUT2D eigenvalue weighted by Crippen LogP contribution is 2.34. The molecule has 1 unspecified atom stereocenters. The SMILES string of the molecule is N#CC1=CCC(C(=O)C=C2Nc3ccccc3C3=NCCN23)S1. The van der Waals surface area contributed by atoms with E-state index < -0.39 is 0 Å². The van der Waals surface area contributed by atoms with Crippen LogP contribution in [0.15, 0.2) is 52.1 Å². The Bertz CT molecular complexity index is 818. The van der Waals surface area contributed by atoms with Gasteiger partial charge in [0, 0.05) is 18.2 Å². The molecule has 6 heteroatoms. The molecule has 4 rings (SSSR count). The van der Waals surface area contributed by atoms with Crippen LogP contribution in [-0.2, 0) is 4.79 Å². The number of carbonyl (C=O) groups is 1. The van der Waals surface area contributed by atoms with Gasteiger partial charge in [-0.3, -0.25) is 9.79 Å². The van der Waals surface area contributed by atoms with Gasteiger partial charge in [0.2, 0.25) is 0 Å². The fraction of sp³-hybridized carbons (Fsp3) is 0.235. The lowest BCUT2D eigenvalue weighted by Crippen LogP contribution is -2.36. The van der Waals surface area contributed by atoms with Gasteiger partial charge >= 0.3 is 0 Å². The van der Waals surface area contributed by atoms with E-state index in [4.69, 9.17) is 5.26 Å². The van der Waals surface area contributed by atoms with Crippen LogP contribution in [0.1, 0.15) is 12.0 Å². The van der Waals surface area contributed by atoms with Crippen LogP contribution in [0.4, 0.5) is 5.69 Å². The number of para-hydroxylation sites is 1. The molecule has 1 aromatic carbocycles. The minimum absolute atomic E-state index is 0.0321. The number of ketones is 1. The molecule has 1 N–H and O–H groups in total. The minimum Gasteiger partial charge on any atom is -0.341 e. The summed E-state index contributed by atoms with van der Waals surface area (Å²) >= 11 is 1.35. The van der Waals surface area contributed by atoms with Crippen molar-refractivity contribution in [1.29, 1.82) is 5.26 Å². The number of aliphatic imine (C=N–C) groups is 1. The van der Waals surface area contributed by atoms with Crippen molar-refractivity contribution >= 4 is 29.1 Å². The molecule has 0 bridgehead atoms. The first kappa shape index (κ1) is 14.1. The molecule has 1 aromatic rings. The Morgan fingerprint density at radius 2 is 2.35 bits per heavy atom. The van der Waals surface area contributed by atoms with E-state index >= 15 is 0 Å². The summed E-state index contributed by atoms with van der Waals surface area (Å²) in [6.45, 7) is 1.50. The minimum atomic E-state index is -0.195. The van der Waals surface area contributed by atoms with Gasteiger partial charge in [0.25, 0.3) is 0 Å². The van der Waals surface area contributed by atoms with Gasteiger partial charge in [-0.25, -0.2) is 0 Å². The van der Waals surface area contributed by atoms with Crippen molar-refractivity contribution in [3.8, 4) is 6.07 Å². The zero-order valence-corrected chi connectivity index (χ0v) is 13.1. The Balaban J connectivity index is 1.62. The summed E-state index contributed by atoms with van der Waals surface area (Å²) in [5, 5.41) is 12.1. The molecule has 0 radical (unpaired) electrons. The van der Waals surface area contributed by atoms with Gasteiger partial charge in [0.05, 0.1) is 22.4 Å². The molecule has 1 atom stereocenters. The van der Waals surface area contributed by atoms with E-state index in [1.165, 1.54) is 11.8 Å². The highest BCUT2D eigenvalue weighted by atomic mass is 32.2. The first-order chi connectivity index (χ1) is 11.3. The number of nitriles is 1. The second kappa shape index (κ2) is 5.60. The Hall–Kier alpha value is -2.52. The van der Waals surface area contributed by atoms with Crippen LogP contribution in [0.25, 0.3) is 0 Å². The molecule has 0 spiro atoms. The molecular formula is C17H14N4OS. The third-order valence-electron chi connectivity index (χ3n) is 4.06. The van der Waals surface area contributed by atoms with Crippen LogP contribution in [0.5, 0.6) is 0 Å². The van der Waals surface area contributed by atoms with Crippen LogP contribution in [0, 0.1) is 11.3 Å². The Kier molecular flexibility index (Phi) is 3.43. The van der Waals surface area contributed by atoms with Gasteiger partial charge in [-0.15, -0.1) is 11.8 Å². The lowest BCUT2D eigenvalue weighted by molar-refractivity contribution is -0.114. The number of hydrogen-bond donors (Lipinski definition) is 1. The predicted octanol–water partition coefficient (Wildman–Crippen LogP) is 2.50. The zero-order chi connectivity index (χ0) is 15.8. The molecule has 23 heavy (non-hydrogen) atoms.